The van der Waals surface area contributed by atoms with Crippen molar-refractivity contribution >= 4 is 17.5 Å². The van der Waals surface area contributed by atoms with Gasteiger partial charge in [-0.05, 0) is 61.3 Å². The summed E-state index contributed by atoms with van der Waals surface area (Å²) in [6, 6.07) is 5.44. The average Bonchev–Trinajstić information content (AvgIpc) is 3.67. The topological polar surface area (TPSA) is 101 Å². The lowest BCUT2D eigenvalue weighted by Crippen LogP contribution is -2.37. The molecule has 0 unspecified atom stereocenters. The van der Waals surface area contributed by atoms with Gasteiger partial charge in [-0.15, -0.1) is 0 Å². The number of carbonyl (C=O) groups excluding carboxylic acids is 2. The minimum absolute atomic E-state index is 0.0860. The van der Waals surface area contributed by atoms with Crippen molar-refractivity contribution in [1.82, 2.24) is 30.2 Å². The van der Waals surface area contributed by atoms with Crippen LogP contribution in [0.2, 0.25) is 0 Å². The first-order valence-corrected chi connectivity index (χ1v) is 13.3. The lowest BCUT2D eigenvalue weighted by atomic mass is 9.81. The smallest absolute Gasteiger partial charge is 0.349 e. The first kappa shape index (κ1) is 27.9. The zero-order valence-electron chi connectivity index (χ0n) is 21.5. The summed E-state index contributed by atoms with van der Waals surface area (Å²) in [5.41, 5.74) is 1.65. The van der Waals surface area contributed by atoms with Gasteiger partial charge in [0.05, 0.1) is 36.6 Å². The van der Waals surface area contributed by atoms with Gasteiger partial charge in [0.15, 0.2) is 5.65 Å². The number of hydrogen-bond donors (Lipinski definition) is 2. The van der Waals surface area contributed by atoms with E-state index in [0.717, 1.165) is 12.8 Å². The van der Waals surface area contributed by atoms with Crippen LogP contribution in [-0.2, 0) is 4.79 Å². The molecule has 40 heavy (non-hydrogen) atoms. The van der Waals surface area contributed by atoms with Gasteiger partial charge in [0.25, 0.3) is 5.91 Å². The van der Waals surface area contributed by atoms with Crippen molar-refractivity contribution in [1.29, 1.82) is 0 Å². The molecule has 2 N–H and O–H groups in total. The fourth-order valence-electron chi connectivity index (χ4n) is 5.17. The van der Waals surface area contributed by atoms with E-state index >= 15 is 0 Å². The Morgan fingerprint density at radius 1 is 1.05 bits per heavy atom. The van der Waals surface area contributed by atoms with Gasteiger partial charge in [0.2, 0.25) is 11.8 Å². The van der Waals surface area contributed by atoms with Crippen LogP contribution in [0.4, 0.5) is 22.0 Å². The number of halogens is 5. The van der Waals surface area contributed by atoms with Gasteiger partial charge in [-0.3, -0.25) is 14.6 Å². The molecule has 3 heterocycles. The molecule has 214 valence electrons. The Balaban J connectivity index is 1.39. The van der Waals surface area contributed by atoms with Crippen molar-refractivity contribution in [2.45, 2.75) is 75.5 Å². The van der Waals surface area contributed by atoms with Gasteiger partial charge in [-0.2, -0.15) is 18.3 Å². The normalized spacial score (nSPS) is 19.2. The maximum Gasteiger partial charge on any atom is 0.389 e. The standard InChI is InChI=1S/C27H29F5N6O2/c28-26(29)9-6-17(7-10-26)24(37-25(40)19-3-1-2-12-33-19)20-15-38-21(35-20)13-18(14-34-38)23(16-4-5-16)36-22(39)8-11-27(30,31)32/h1-3,12-17,23-24H,4-11H2,(H,36,39)(H,37,40)/t23-,24+/m1/s1. The number of amides is 2. The molecule has 0 radical (unpaired) electrons. The van der Waals surface area contributed by atoms with Crippen LogP contribution in [0.15, 0.2) is 42.9 Å². The molecule has 3 aromatic rings. The summed E-state index contributed by atoms with van der Waals surface area (Å²) in [5, 5.41) is 10.0. The fourth-order valence-corrected chi connectivity index (χ4v) is 5.17. The van der Waals surface area contributed by atoms with Crippen LogP contribution in [0.3, 0.4) is 0 Å². The second-order valence-electron chi connectivity index (χ2n) is 10.6. The molecule has 2 aliphatic carbocycles. The summed E-state index contributed by atoms with van der Waals surface area (Å²) in [4.78, 5) is 34.0. The minimum atomic E-state index is -4.42. The Hall–Kier alpha value is -3.64. The van der Waals surface area contributed by atoms with E-state index in [1.165, 1.54) is 16.9 Å². The fraction of sp³-hybridized carbons (Fsp3) is 0.519. The van der Waals surface area contributed by atoms with Crippen LogP contribution in [0, 0.1) is 11.8 Å². The lowest BCUT2D eigenvalue weighted by Gasteiger charge is -2.33. The Kier molecular flexibility index (Phi) is 7.74. The van der Waals surface area contributed by atoms with E-state index in [1.807, 2.05) is 0 Å². The SMILES string of the molecule is O=C(CCC(F)(F)F)N[C@@H](c1cnn2cc([C@@H](NC(=O)c3ccccn3)C3CCC(F)(F)CC3)nc2c1)C1CC1. The monoisotopic (exact) mass is 564 g/mol. The van der Waals surface area contributed by atoms with Crippen LogP contribution in [-0.4, -0.2) is 43.5 Å². The summed E-state index contributed by atoms with van der Waals surface area (Å²) < 4.78 is 67.0. The molecule has 2 fully saturated rings. The Morgan fingerprint density at radius 2 is 1.77 bits per heavy atom. The summed E-state index contributed by atoms with van der Waals surface area (Å²) >= 11 is 0. The van der Waals surface area contributed by atoms with E-state index in [9.17, 15) is 31.5 Å². The van der Waals surface area contributed by atoms with Gasteiger partial charge in [-0.1, -0.05) is 6.07 Å². The molecular formula is C27H29F5N6O2. The molecular weight excluding hydrogens is 535 g/mol. The van der Waals surface area contributed by atoms with Crippen LogP contribution in [0.1, 0.15) is 85.2 Å². The van der Waals surface area contributed by atoms with E-state index in [0.29, 0.717) is 16.9 Å². The third-order valence-corrected chi connectivity index (χ3v) is 7.50. The van der Waals surface area contributed by atoms with E-state index < -0.39 is 48.8 Å². The largest absolute Gasteiger partial charge is 0.389 e. The minimum Gasteiger partial charge on any atom is -0.349 e. The quantitative estimate of drug-likeness (QED) is 0.342. The lowest BCUT2D eigenvalue weighted by molar-refractivity contribution is -0.144. The van der Waals surface area contributed by atoms with E-state index in [4.69, 9.17) is 0 Å². The summed E-state index contributed by atoms with van der Waals surface area (Å²) in [6.07, 6.45) is -0.176. The number of nitrogens with zero attached hydrogens (tertiary/aromatic N) is 4. The number of alkyl halides is 5. The molecule has 2 saturated carbocycles. The molecule has 0 aromatic carbocycles. The number of hydrogen-bond acceptors (Lipinski definition) is 5. The molecule has 0 saturated heterocycles. The average molecular weight is 565 g/mol. The van der Waals surface area contributed by atoms with Crippen molar-refractivity contribution in [2.24, 2.45) is 11.8 Å². The number of carbonyl (C=O) groups is 2. The van der Waals surface area contributed by atoms with Crippen LogP contribution >= 0.6 is 0 Å². The number of pyridine rings is 1. The molecule has 0 spiro atoms. The van der Waals surface area contributed by atoms with Crippen LogP contribution < -0.4 is 10.6 Å². The highest BCUT2D eigenvalue weighted by Gasteiger charge is 2.40. The number of imidazole rings is 1. The Morgan fingerprint density at radius 3 is 2.42 bits per heavy atom. The molecule has 8 nitrogen and oxygen atoms in total. The second-order valence-corrected chi connectivity index (χ2v) is 10.6. The van der Waals surface area contributed by atoms with Crippen LogP contribution in [0.25, 0.3) is 5.65 Å². The van der Waals surface area contributed by atoms with Crippen molar-refractivity contribution in [3.05, 3.63) is 59.8 Å². The van der Waals surface area contributed by atoms with Gasteiger partial charge in [0.1, 0.15) is 5.69 Å². The van der Waals surface area contributed by atoms with Gasteiger partial charge in [0, 0.05) is 25.5 Å². The molecule has 2 atom stereocenters. The highest BCUT2D eigenvalue weighted by molar-refractivity contribution is 5.92. The maximum absolute atomic E-state index is 13.9. The van der Waals surface area contributed by atoms with Crippen molar-refractivity contribution < 1.29 is 31.5 Å². The van der Waals surface area contributed by atoms with Crippen LogP contribution in [0.5, 0.6) is 0 Å². The van der Waals surface area contributed by atoms with Crippen molar-refractivity contribution in [2.75, 3.05) is 0 Å². The van der Waals surface area contributed by atoms with Gasteiger partial charge in [-0.25, -0.2) is 18.3 Å². The van der Waals surface area contributed by atoms with Crippen molar-refractivity contribution in [3.8, 4) is 0 Å². The zero-order valence-corrected chi connectivity index (χ0v) is 21.5. The molecule has 0 bridgehead atoms. The molecule has 3 aromatic heterocycles. The molecule has 13 heteroatoms. The summed E-state index contributed by atoms with van der Waals surface area (Å²) in [7, 11) is 0. The van der Waals surface area contributed by atoms with E-state index in [1.54, 1.807) is 30.5 Å². The first-order valence-electron chi connectivity index (χ1n) is 13.3. The third kappa shape index (κ3) is 6.92. The molecule has 0 aliphatic heterocycles. The highest BCUT2D eigenvalue weighted by Crippen LogP contribution is 2.43. The highest BCUT2D eigenvalue weighted by atomic mass is 19.4. The number of aromatic nitrogens is 4. The Bertz CT molecular complexity index is 1350. The summed E-state index contributed by atoms with van der Waals surface area (Å²) in [5.74, 6) is -4.09. The third-order valence-electron chi connectivity index (χ3n) is 7.50. The predicted octanol–water partition coefficient (Wildman–Crippen LogP) is 5.33. The molecule has 5 rings (SSSR count). The first-order chi connectivity index (χ1) is 19.0. The number of fused-ring (bicyclic) bond motifs is 1. The van der Waals surface area contributed by atoms with Crippen molar-refractivity contribution in [3.63, 3.8) is 0 Å². The van der Waals surface area contributed by atoms with Gasteiger partial charge >= 0.3 is 6.18 Å². The maximum atomic E-state index is 13.9. The number of rotatable bonds is 9. The Labute approximate surface area is 226 Å². The van der Waals surface area contributed by atoms with E-state index in [-0.39, 0.29) is 43.2 Å². The predicted molar refractivity (Wildman–Crippen MR) is 133 cm³/mol. The molecule has 2 amide bonds. The summed E-state index contributed by atoms with van der Waals surface area (Å²) in [6.45, 7) is 0. The van der Waals surface area contributed by atoms with Gasteiger partial charge < -0.3 is 10.6 Å². The zero-order chi connectivity index (χ0) is 28.5. The molecule has 2 aliphatic rings. The number of nitrogens with one attached hydrogen (secondary N) is 2. The van der Waals surface area contributed by atoms with E-state index in [2.05, 4.69) is 25.7 Å². The second kappa shape index (κ2) is 11.1.